The summed E-state index contributed by atoms with van der Waals surface area (Å²) in [7, 11) is 1.94. The fourth-order valence-corrected chi connectivity index (χ4v) is 11.3. The van der Waals surface area contributed by atoms with Crippen molar-refractivity contribution in [2.75, 3.05) is 13.7 Å². The zero-order chi connectivity index (χ0) is 24.3. The van der Waals surface area contributed by atoms with E-state index in [0.717, 1.165) is 30.3 Å². The molecule has 5 aliphatic rings. The second-order valence-electron chi connectivity index (χ2n) is 14.3. The van der Waals surface area contributed by atoms with Gasteiger partial charge in [-0.05, 0) is 122 Å². The van der Waals surface area contributed by atoms with Crippen molar-refractivity contribution in [3.8, 4) is 0 Å². The van der Waals surface area contributed by atoms with Crippen molar-refractivity contribution < 1.29 is 4.74 Å². The van der Waals surface area contributed by atoms with Crippen LogP contribution < -0.4 is 5.73 Å². The van der Waals surface area contributed by atoms with E-state index in [0.29, 0.717) is 27.7 Å². The third kappa shape index (κ3) is 3.46. The molecule has 2 nitrogen and oxygen atoms in total. The van der Waals surface area contributed by atoms with Crippen LogP contribution in [0.1, 0.15) is 112 Å². The fraction of sp³-hybridized carbons (Fsp3) is 0.935. The summed E-state index contributed by atoms with van der Waals surface area (Å²) in [4.78, 5) is 0. The van der Waals surface area contributed by atoms with Gasteiger partial charge in [-0.25, -0.2) is 0 Å². The quantitative estimate of drug-likeness (QED) is 0.426. The van der Waals surface area contributed by atoms with E-state index >= 15 is 0 Å². The van der Waals surface area contributed by atoms with E-state index in [1.54, 1.807) is 6.08 Å². The number of fused-ring (bicyclic) bond motifs is 7. The van der Waals surface area contributed by atoms with Gasteiger partial charge in [0.05, 0.1) is 6.61 Å². The van der Waals surface area contributed by atoms with Crippen LogP contribution in [0, 0.1) is 50.7 Å². The zero-order valence-corrected chi connectivity index (χ0v) is 23.1. The van der Waals surface area contributed by atoms with Crippen LogP contribution >= 0.6 is 0 Å². The molecule has 2 N–H and O–H groups in total. The molecule has 5 fully saturated rings. The van der Waals surface area contributed by atoms with Gasteiger partial charge in [0.2, 0.25) is 0 Å². The molecule has 8 unspecified atom stereocenters. The molecular weight excluding hydrogens is 402 g/mol. The van der Waals surface area contributed by atoms with Crippen LogP contribution in [0.3, 0.4) is 0 Å². The van der Waals surface area contributed by atoms with E-state index in [-0.39, 0.29) is 5.41 Å². The highest BCUT2D eigenvalue weighted by Gasteiger charge is 2.69. The van der Waals surface area contributed by atoms with Gasteiger partial charge in [0.15, 0.2) is 0 Å². The minimum Gasteiger partial charge on any atom is -0.384 e. The summed E-state index contributed by atoms with van der Waals surface area (Å²) >= 11 is 0. The van der Waals surface area contributed by atoms with Gasteiger partial charge >= 0.3 is 0 Å². The average Bonchev–Trinajstić information content (AvgIpc) is 3.16. The zero-order valence-electron chi connectivity index (χ0n) is 23.1. The smallest absolute Gasteiger partial charge is 0.0521 e. The Balaban J connectivity index is 0.000000821. The van der Waals surface area contributed by atoms with E-state index in [2.05, 4.69) is 41.2 Å². The van der Waals surface area contributed by atoms with E-state index in [1.807, 2.05) is 14.0 Å². The molecule has 0 heterocycles. The lowest BCUT2D eigenvalue weighted by Gasteiger charge is -2.72. The van der Waals surface area contributed by atoms with Crippen molar-refractivity contribution in [1.29, 1.82) is 0 Å². The predicted molar refractivity (Wildman–Crippen MR) is 141 cm³/mol. The van der Waals surface area contributed by atoms with Gasteiger partial charge in [-0.3, -0.25) is 0 Å². The lowest BCUT2D eigenvalue weighted by molar-refractivity contribution is -0.238. The molecule has 5 saturated carbocycles. The van der Waals surface area contributed by atoms with Crippen LogP contribution in [0.5, 0.6) is 0 Å². The van der Waals surface area contributed by atoms with Gasteiger partial charge in [0.1, 0.15) is 0 Å². The van der Waals surface area contributed by atoms with Gasteiger partial charge in [0, 0.05) is 13.2 Å². The topological polar surface area (TPSA) is 35.2 Å². The first kappa shape index (κ1) is 25.7. The molecule has 0 spiro atoms. The van der Waals surface area contributed by atoms with Crippen LogP contribution in [-0.2, 0) is 4.74 Å². The van der Waals surface area contributed by atoms with Crippen molar-refractivity contribution in [1.82, 2.24) is 0 Å². The Morgan fingerprint density at radius 2 is 1.52 bits per heavy atom. The van der Waals surface area contributed by atoms with E-state index in [9.17, 15) is 0 Å². The Labute approximate surface area is 205 Å². The number of nitrogens with two attached hydrogens (primary N) is 1. The summed E-state index contributed by atoms with van der Waals surface area (Å²) in [6.07, 6.45) is 17.3. The van der Waals surface area contributed by atoms with Crippen LogP contribution in [0.2, 0.25) is 0 Å². The number of methoxy groups -OCH3 is 1. The van der Waals surface area contributed by atoms with Gasteiger partial charge in [0.25, 0.3) is 0 Å². The molecule has 0 aromatic heterocycles. The van der Waals surface area contributed by atoms with Crippen molar-refractivity contribution in [3.05, 3.63) is 12.7 Å². The molecule has 33 heavy (non-hydrogen) atoms. The second-order valence-corrected chi connectivity index (χ2v) is 14.3. The van der Waals surface area contributed by atoms with Crippen LogP contribution in [-0.4, -0.2) is 19.8 Å². The van der Waals surface area contributed by atoms with Crippen molar-refractivity contribution in [3.63, 3.8) is 0 Å². The van der Waals surface area contributed by atoms with Gasteiger partial charge in [-0.15, -0.1) is 6.58 Å². The third-order valence-corrected chi connectivity index (χ3v) is 13.1. The van der Waals surface area contributed by atoms with Crippen molar-refractivity contribution in [2.24, 2.45) is 56.5 Å². The first-order chi connectivity index (χ1) is 15.5. The maximum absolute atomic E-state index is 6.70. The van der Waals surface area contributed by atoms with E-state index in [1.165, 1.54) is 70.6 Å². The summed E-state index contributed by atoms with van der Waals surface area (Å²) in [6.45, 7) is 19.5. The van der Waals surface area contributed by atoms with Gasteiger partial charge in [-0.2, -0.15) is 0 Å². The SMILES string of the molecule is C=CC.COCC12CCCC1C1CCC3C4(C)CCC(N)C(C)(C)C4CCC3(C)[C@]1(C)CC2. The van der Waals surface area contributed by atoms with Gasteiger partial charge < -0.3 is 10.5 Å². The summed E-state index contributed by atoms with van der Waals surface area (Å²) in [5, 5.41) is 0. The fourth-order valence-electron chi connectivity index (χ4n) is 11.3. The summed E-state index contributed by atoms with van der Waals surface area (Å²) in [5.41, 5.74) is 8.99. The lowest BCUT2D eigenvalue weighted by atomic mass is 9.32. The maximum atomic E-state index is 6.70. The molecule has 2 heteroatoms. The van der Waals surface area contributed by atoms with Crippen molar-refractivity contribution in [2.45, 2.75) is 118 Å². The number of hydrogen-bond acceptors (Lipinski definition) is 2. The molecule has 9 atom stereocenters. The second kappa shape index (κ2) is 8.65. The Kier molecular flexibility index (Phi) is 6.75. The molecule has 0 aliphatic heterocycles. The predicted octanol–water partition coefficient (Wildman–Crippen LogP) is 8.01. The molecule has 0 bridgehead atoms. The first-order valence-electron chi connectivity index (χ1n) is 14.3. The first-order valence-corrected chi connectivity index (χ1v) is 14.3. The highest BCUT2D eigenvalue weighted by Crippen LogP contribution is 2.76. The number of ether oxygens (including phenoxy) is 1. The Bertz CT molecular complexity index is 730. The molecular formula is C31H55NO. The van der Waals surface area contributed by atoms with E-state index in [4.69, 9.17) is 10.5 Å². The maximum Gasteiger partial charge on any atom is 0.0521 e. The van der Waals surface area contributed by atoms with Crippen LogP contribution in [0.4, 0.5) is 0 Å². The Hall–Kier alpha value is -0.340. The third-order valence-electron chi connectivity index (χ3n) is 13.1. The minimum absolute atomic E-state index is 0.289. The monoisotopic (exact) mass is 457 g/mol. The molecule has 0 aromatic carbocycles. The van der Waals surface area contributed by atoms with Crippen LogP contribution in [0.15, 0.2) is 12.7 Å². The Morgan fingerprint density at radius 3 is 2.18 bits per heavy atom. The van der Waals surface area contributed by atoms with Gasteiger partial charge in [-0.1, -0.05) is 47.1 Å². The molecule has 190 valence electrons. The molecule has 0 radical (unpaired) electrons. The number of rotatable bonds is 2. The average molecular weight is 458 g/mol. The molecule has 0 aromatic rings. The standard InChI is InChI=1S/C28H49NO.C3H6/c1-24(2)21-11-15-27(5)22(25(21,3)14-12-23(24)29)10-9-19-20-8-7-13-28(20,18-30-6)17-16-26(19,27)4;1-3-2/h19-23H,7-18,29H2,1-6H3;3H,1H2,2H3/t19?,20?,21?,22?,23?,25?,26-,27?,28?;/m1./s1. The summed E-state index contributed by atoms with van der Waals surface area (Å²) in [6, 6.07) is 0.384. The van der Waals surface area contributed by atoms with Crippen LogP contribution in [0.25, 0.3) is 0 Å². The minimum atomic E-state index is 0.289. The number of allylic oxidation sites excluding steroid dienone is 1. The molecule has 0 saturated heterocycles. The largest absolute Gasteiger partial charge is 0.384 e. The number of hydrogen-bond donors (Lipinski definition) is 1. The normalized spacial score (nSPS) is 52.3. The summed E-state index contributed by atoms with van der Waals surface area (Å²) in [5.74, 6) is 3.52. The molecule has 0 amide bonds. The lowest BCUT2D eigenvalue weighted by Crippen LogP contribution is -2.67. The highest BCUT2D eigenvalue weighted by atomic mass is 16.5. The summed E-state index contributed by atoms with van der Waals surface area (Å²) < 4.78 is 5.84. The molecule has 5 rings (SSSR count). The van der Waals surface area contributed by atoms with E-state index < -0.39 is 0 Å². The Morgan fingerprint density at radius 1 is 0.818 bits per heavy atom. The molecule has 5 aliphatic carbocycles. The van der Waals surface area contributed by atoms with Crippen molar-refractivity contribution >= 4 is 0 Å². The highest BCUT2D eigenvalue weighted by molar-refractivity contribution is 5.18.